The first kappa shape index (κ1) is 15.5. The van der Waals surface area contributed by atoms with Gasteiger partial charge in [0, 0.05) is 0 Å². The van der Waals surface area contributed by atoms with Gasteiger partial charge in [-0.1, -0.05) is 44.5 Å². The van der Waals surface area contributed by atoms with Crippen LogP contribution in [0.4, 0.5) is 0 Å². The molecule has 1 N–H and O–H groups in total. The highest BCUT2D eigenvalue weighted by molar-refractivity contribution is 5.74. The van der Waals surface area contributed by atoms with E-state index in [0.29, 0.717) is 17.4 Å². The summed E-state index contributed by atoms with van der Waals surface area (Å²) in [5.41, 5.74) is 4.32. The molecule has 0 radical (unpaired) electrons. The Morgan fingerprint density at radius 3 is 2.26 bits per heavy atom. The number of hydrogen-bond acceptors (Lipinski definition) is 3. The highest BCUT2D eigenvalue weighted by Gasteiger charge is 2.19. The molecule has 1 heterocycles. The molecule has 0 aliphatic carbocycles. The lowest BCUT2D eigenvalue weighted by molar-refractivity contribution is 0.447. The molecular weight excluding hydrogens is 286 g/mol. The van der Waals surface area contributed by atoms with Crippen molar-refractivity contribution in [2.24, 2.45) is 0 Å². The van der Waals surface area contributed by atoms with Gasteiger partial charge < -0.3 is 5.11 Å². The molecule has 0 fully saturated rings. The number of phenolic OH excluding ortho intramolecular Hbond substituents is 1. The summed E-state index contributed by atoms with van der Waals surface area (Å²) in [6.07, 6.45) is 3.19. The molecule has 2 aromatic carbocycles. The number of benzene rings is 2. The van der Waals surface area contributed by atoms with Crippen molar-refractivity contribution in [3.8, 4) is 11.4 Å². The minimum absolute atomic E-state index is 0.311. The SMILES string of the molecule is CCCC(CC)c1ccc(C)c(-n2nc3ccccc3n2)c1O. The molecule has 1 atom stereocenters. The van der Waals surface area contributed by atoms with E-state index in [1.54, 1.807) is 4.80 Å². The molecule has 4 heteroatoms. The van der Waals surface area contributed by atoms with Crippen molar-refractivity contribution >= 4 is 11.0 Å². The van der Waals surface area contributed by atoms with Gasteiger partial charge >= 0.3 is 0 Å². The van der Waals surface area contributed by atoms with Crippen LogP contribution in [-0.2, 0) is 0 Å². The van der Waals surface area contributed by atoms with Gasteiger partial charge in [0.05, 0.1) is 0 Å². The van der Waals surface area contributed by atoms with E-state index in [9.17, 15) is 5.11 Å². The summed E-state index contributed by atoms with van der Waals surface area (Å²) in [5, 5.41) is 19.9. The molecule has 0 spiro atoms. The van der Waals surface area contributed by atoms with Crippen LogP contribution in [0.15, 0.2) is 36.4 Å². The summed E-state index contributed by atoms with van der Waals surface area (Å²) in [6.45, 7) is 6.32. The van der Waals surface area contributed by atoms with Crippen molar-refractivity contribution in [3.05, 3.63) is 47.5 Å². The van der Waals surface area contributed by atoms with Gasteiger partial charge in [0.15, 0.2) is 0 Å². The highest BCUT2D eigenvalue weighted by atomic mass is 16.3. The van der Waals surface area contributed by atoms with Gasteiger partial charge in [-0.15, -0.1) is 15.0 Å². The number of hydrogen-bond donors (Lipinski definition) is 1. The molecule has 4 nitrogen and oxygen atoms in total. The second kappa shape index (κ2) is 6.41. The van der Waals surface area contributed by atoms with Crippen LogP contribution in [0.2, 0.25) is 0 Å². The van der Waals surface area contributed by atoms with Crippen LogP contribution in [0.1, 0.15) is 50.2 Å². The Kier molecular flexibility index (Phi) is 4.33. The molecule has 1 aromatic heterocycles. The summed E-state index contributed by atoms with van der Waals surface area (Å²) >= 11 is 0. The minimum Gasteiger partial charge on any atom is -0.505 e. The zero-order valence-electron chi connectivity index (χ0n) is 14.0. The number of aromatic nitrogens is 3. The van der Waals surface area contributed by atoms with Crippen LogP contribution in [0.3, 0.4) is 0 Å². The van der Waals surface area contributed by atoms with E-state index in [0.717, 1.165) is 41.4 Å². The first-order chi connectivity index (χ1) is 11.2. The Morgan fingerprint density at radius 2 is 1.70 bits per heavy atom. The quantitative estimate of drug-likeness (QED) is 0.741. The first-order valence-corrected chi connectivity index (χ1v) is 8.30. The van der Waals surface area contributed by atoms with Crippen LogP contribution >= 0.6 is 0 Å². The van der Waals surface area contributed by atoms with Crippen LogP contribution in [0, 0.1) is 6.92 Å². The number of phenols is 1. The Balaban J connectivity index is 2.14. The molecule has 120 valence electrons. The third-order valence-electron chi connectivity index (χ3n) is 4.44. The van der Waals surface area contributed by atoms with Crippen LogP contribution in [-0.4, -0.2) is 20.1 Å². The molecule has 3 aromatic rings. The van der Waals surface area contributed by atoms with Gasteiger partial charge in [0.2, 0.25) is 0 Å². The normalized spacial score (nSPS) is 12.7. The van der Waals surface area contributed by atoms with Gasteiger partial charge in [-0.25, -0.2) is 0 Å². The molecule has 23 heavy (non-hydrogen) atoms. The van der Waals surface area contributed by atoms with Gasteiger partial charge in [0.1, 0.15) is 22.5 Å². The fraction of sp³-hybridized carbons (Fsp3) is 0.368. The predicted molar refractivity (Wildman–Crippen MR) is 93.2 cm³/mol. The van der Waals surface area contributed by atoms with Gasteiger partial charge in [-0.3, -0.25) is 0 Å². The molecule has 3 rings (SSSR count). The fourth-order valence-corrected chi connectivity index (χ4v) is 3.17. The largest absolute Gasteiger partial charge is 0.505 e. The third kappa shape index (κ3) is 2.81. The van der Waals surface area contributed by atoms with E-state index in [1.165, 1.54) is 0 Å². The Hall–Kier alpha value is -2.36. The molecule has 1 unspecified atom stereocenters. The predicted octanol–water partition coefficient (Wildman–Crippen LogP) is 4.73. The van der Waals surface area contributed by atoms with E-state index in [4.69, 9.17) is 0 Å². The van der Waals surface area contributed by atoms with Crippen molar-refractivity contribution in [1.82, 2.24) is 15.0 Å². The Labute approximate surface area is 136 Å². The number of nitrogens with zero attached hydrogens (tertiary/aromatic N) is 3. The highest BCUT2D eigenvalue weighted by Crippen LogP contribution is 2.37. The van der Waals surface area contributed by atoms with E-state index in [2.05, 4.69) is 30.1 Å². The van der Waals surface area contributed by atoms with E-state index >= 15 is 0 Å². The molecule has 0 saturated heterocycles. The van der Waals surface area contributed by atoms with Crippen molar-refractivity contribution in [2.45, 2.75) is 46.0 Å². The molecule has 0 aliphatic heterocycles. The smallest absolute Gasteiger partial charge is 0.146 e. The van der Waals surface area contributed by atoms with Crippen LogP contribution < -0.4 is 0 Å². The summed E-state index contributed by atoms with van der Waals surface area (Å²) in [4.78, 5) is 1.57. The third-order valence-corrected chi connectivity index (χ3v) is 4.44. The maximum absolute atomic E-state index is 10.9. The number of fused-ring (bicyclic) bond motifs is 1. The van der Waals surface area contributed by atoms with Gasteiger partial charge in [-0.2, -0.15) is 0 Å². The van der Waals surface area contributed by atoms with Crippen molar-refractivity contribution < 1.29 is 5.11 Å². The van der Waals surface area contributed by atoms with E-state index in [1.807, 2.05) is 37.3 Å². The molecule has 0 aliphatic rings. The maximum atomic E-state index is 10.9. The van der Waals surface area contributed by atoms with Crippen LogP contribution in [0.5, 0.6) is 5.75 Å². The van der Waals surface area contributed by atoms with E-state index in [-0.39, 0.29) is 0 Å². The number of aromatic hydroxyl groups is 1. The monoisotopic (exact) mass is 309 g/mol. The first-order valence-electron chi connectivity index (χ1n) is 8.30. The summed E-state index contributed by atoms with van der Waals surface area (Å²) in [6, 6.07) is 11.8. The molecule has 0 bridgehead atoms. The zero-order chi connectivity index (χ0) is 16.4. The average molecular weight is 309 g/mol. The lowest BCUT2D eigenvalue weighted by Crippen LogP contribution is -2.06. The number of rotatable bonds is 5. The summed E-state index contributed by atoms with van der Waals surface area (Å²) in [7, 11) is 0. The van der Waals surface area contributed by atoms with Crippen molar-refractivity contribution in [2.75, 3.05) is 0 Å². The zero-order valence-corrected chi connectivity index (χ0v) is 14.0. The molecule has 0 amide bonds. The summed E-state index contributed by atoms with van der Waals surface area (Å²) < 4.78 is 0. The summed E-state index contributed by atoms with van der Waals surface area (Å²) in [5.74, 6) is 0.676. The second-order valence-corrected chi connectivity index (χ2v) is 6.04. The fourth-order valence-electron chi connectivity index (χ4n) is 3.17. The number of aryl methyl sites for hydroxylation is 1. The van der Waals surface area contributed by atoms with Crippen LogP contribution in [0.25, 0.3) is 16.7 Å². The standard InChI is InChI=1S/C19H23N3O/c1-4-8-14(5-2)15-12-11-13(3)18(19(15)23)22-20-16-9-6-7-10-17(16)21-22/h6-7,9-12,14,23H,4-5,8H2,1-3H3. The lowest BCUT2D eigenvalue weighted by atomic mass is 9.90. The lowest BCUT2D eigenvalue weighted by Gasteiger charge is -2.18. The topological polar surface area (TPSA) is 50.9 Å². The van der Waals surface area contributed by atoms with Gasteiger partial charge in [0.25, 0.3) is 0 Å². The van der Waals surface area contributed by atoms with Gasteiger partial charge in [-0.05, 0) is 48.9 Å². The average Bonchev–Trinajstić information content (AvgIpc) is 2.97. The van der Waals surface area contributed by atoms with E-state index < -0.39 is 0 Å². The van der Waals surface area contributed by atoms with Crippen molar-refractivity contribution in [1.29, 1.82) is 0 Å². The molecule has 0 saturated carbocycles. The minimum atomic E-state index is 0.311. The second-order valence-electron chi connectivity index (χ2n) is 6.04. The molecular formula is C19H23N3O. The Morgan fingerprint density at radius 1 is 1.04 bits per heavy atom. The maximum Gasteiger partial charge on any atom is 0.146 e. The Bertz CT molecular complexity index is 790. The van der Waals surface area contributed by atoms with Crippen molar-refractivity contribution in [3.63, 3.8) is 0 Å².